The highest BCUT2D eigenvalue weighted by Gasteiger charge is 2.14. The van der Waals surface area contributed by atoms with Crippen LogP contribution in [0.1, 0.15) is 11.1 Å². The van der Waals surface area contributed by atoms with Gasteiger partial charge < -0.3 is 10.5 Å². The number of fused-ring (bicyclic) bond motifs is 1. The topological polar surface area (TPSA) is 35.2 Å². The zero-order valence-corrected chi connectivity index (χ0v) is 8.21. The number of nitrogens with two attached hydrogens (primary N) is 1. The summed E-state index contributed by atoms with van der Waals surface area (Å²) in [5.41, 5.74) is 8.98. The zero-order chi connectivity index (χ0) is 10.1. The fourth-order valence-corrected chi connectivity index (χ4v) is 1.59. The van der Waals surface area contributed by atoms with Crippen LogP contribution in [0.5, 0.6) is 5.75 Å². The molecule has 72 valence electrons. The maximum atomic E-state index is 5.65. The van der Waals surface area contributed by atoms with E-state index in [4.69, 9.17) is 10.5 Å². The molecule has 0 unspecified atom stereocenters. The van der Waals surface area contributed by atoms with Crippen molar-refractivity contribution in [2.45, 2.75) is 6.92 Å². The second-order valence-corrected chi connectivity index (χ2v) is 3.44. The number of hydrogen-bond acceptors (Lipinski definition) is 2. The standard InChI is InChI=1S/C12H13NO/c1-8-3-4-11-10(7-13)6-9(2)14-12(11)5-8/h3-6H,2,7,13H2,1H3. The van der Waals surface area contributed by atoms with E-state index in [-0.39, 0.29) is 0 Å². The molecule has 1 aromatic rings. The van der Waals surface area contributed by atoms with Crippen LogP contribution in [0.15, 0.2) is 36.6 Å². The Morgan fingerprint density at radius 2 is 2.21 bits per heavy atom. The number of ether oxygens (including phenoxy) is 1. The van der Waals surface area contributed by atoms with E-state index >= 15 is 0 Å². The number of aryl methyl sites for hydroxylation is 1. The summed E-state index contributed by atoms with van der Waals surface area (Å²) in [5.74, 6) is 1.52. The van der Waals surface area contributed by atoms with Crippen molar-refractivity contribution in [1.29, 1.82) is 0 Å². The second-order valence-electron chi connectivity index (χ2n) is 3.44. The van der Waals surface area contributed by atoms with Gasteiger partial charge >= 0.3 is 0 Å². The molecular formula is C12H13NO. The van der Waals surface area contributed by atoms with E-state index in [0.717, 1.165) is 16.9 Å². The predicted octanol–water partition coefficient (Wildman–Crippen LogP) is 2.24. The third-order valence-electron chi connectivity index (χ3n) is 2.28. The fourth-order valence-electron chi connectivity index (χ4n) is 1.59. The molecule has 2 heteroatoms. The lowest BCUT2D eigenvalue weighted by atomic mass is 10.0. The van der Waals surface area contributed by atoms with Gasteiger partial charge in [-0.05, 0) is 30.2 Å². The average molecular weight is 187 g/mol. The lowest BCUT2D eigenvalue weighted by Crippen LogP contribution is -2.09. The highest BCUT2D eigenvalue weighted by atomic mass is 16.5. The molecule has 14 heavy (non-hydrogen) atoms. The first-order valence-corrected chi connectivity index (χ1v) is 4.59. The van der Waals surface area contributed by atoms with E-state index in [1.807, 2.05) is 25.1 Å². The summed E-state index contributed by atoms with van der Waals surface area (Å²) in [6.45, 7) is 6.33. The van der Waals surface area contributed by atoms with E-state index in [2.05, 4.69) is 12.6 Å². The van der Waals surface area contributed by atoms with Crippen molar-refractivity contribution in [1.82, 2.24) is 0 Å². The van der Waals surface area contributed by atoms with Crippen LogP contribution >= 0.6 is 0 Å². The molecule has 2 rings (SSSR count). The van der Waals surface area contributed by atoms with Gasteiger partial charge in [-0.3, -0.25) is 0 Å². The summed E-state index contributed by atoms with van der Waals surface area (Å²) in [5, 5.41) is 0. The van der Waals surface area contributed by atoms with Crippen LogP contribution in [0, 0.1) is 6.92 Å². The lowest BCUT2D eigenvalue weighted by molar-refractivity contribution is 0.440. The number of benzene rings is 1. The largest absolute Gasteiger partial charge is 0.457 e. The summed E-state index contributed by atoms with van der Waals surface area (Å²) in [6.07, 6.45) is 1.89. The average Bonchev–Trinajstić information content (AvgIpc) is 2.15. The Bertz CT molecular complexity index is 418. The Hall–Kier alpha value is -1.54. The van der Waals surface area contributed by atoms with Crippen LogP contribution in [0.3, 0.4) is 0 Å². The minimum atomic E-state index is 0.512. The van der Waals surface area contributed by atoms with Crippen LogP contribution in [0.4, 0.5) is 0 Å². The van der Waals surface area contributed by atoms with Gasteiger partial charge in [0.2, 0.25) is 0 Å². The zero-order valence-electron chi connectivity index (χ0n) is 8.21. The fraction of sp³-hybridized carbons (Fsp3) is 0.167. The van der Waals surface area contributed by atoms with Gasteiger partial charge in [0, 0.05) is 12.1 Å². The monoisotopic (exact) mass is 187 g/mol. The van der Waals surface area contributed by atoms with E-state index in [9.17, 15) is 0 Å². The van der Waals surface area contributed by atoms with Gasteiger partial charge in [-0.2, -0.15) is 0 Å². The Balaban J connectivity index is 2.56. The van der Waals surface area contributed by atoms with E-state index in [0.29, 0.717) is 12.3 Å². The molecule has 2 nitrogen and oxygen atoms in total. The SMILES string of the molecule is C=C1C=C(CN)c2ccc(C)cc2O1. The first-order valence-electron chi connectivity index (χ1n) is 4.59. The molecule has 0 aromatic heterocycles. The van der Waals surface area contributed by atoms with Crippen LogP contribution < -0.4 is 10.5 Å². The van der Waals surface area contributed by atoms with Crippen molar-refractivity contribution < 1.29 is 4.74 Å². The van der Waals surface area contributed by atoms with Crippen molar-refractivity contribution >= 4 is 5.57 Å². The summed E-state index contributed by atoms with van der Waals surface area (Å²) in [6, 6.07) is 6.10. The highest BCUT2D eigenvalue weighted by molar-refractivity contribution is 5.75. The van der Waals surface area contributed by atoms with Crippen molar-refractivity contribution in [3.63, 3.8) is 0 Å². The first-order chi connectivity index (χ1) is 6.70. The van der Waals surface area contributed by atoms with Gasteiger partial charge in [0.05, 0.1) is 0 Å². The van der Waals surface area contributed by atoms with Gasteiger partial charge in [0.1, 0.15) is 11.5 Å². The molecule has 0 spiro atoms. The van der Waals surface area contributed by atoms with Gasteiger partial charge in [-0.15, -0.1) is 0 Å². The third-order valence-corrected chi connectivity index (χ3v) is 2.28. The molecule has 2 N–H and O–H groups in total. The second kappa shape index (κ2) is 3.31. The van der Waals surface area contributed by atoms with Gasteiger partial charge in [0.15, 0.2) is 0 Å². The normalized spacial score (nSPS) is 14.4. The van der Waals surface area contributed by atoms with E-state index < -0.39 is 0 Å². The Morgan fingerprint density at radius 1 is 1.43 bits per heavy atom. The first kappa shape index (κ1) is 9.03. The molecular weight excluding hydrogens is 174 g/mol. The Morgan fingerprint density at radius 3 is 2.93 bits per heavy atom. The molecule has 0 saturated carbocycles. The van der Waals surface area contributed by atoms with Crippen molar-refractivity contribution in [3.8, 4) is 5.75 Å². The maximum absolute atomic E-state index is 5.65. The Labute approximate surface area is 83.7 Å². The lowest BCUT2D eigenvalue weighted by Gasteiger charge is -2.19. The molecule has 0 saturated heterocycles. The maximum Gasteiger partial charge on any atom is 0.135 e. The molecule has 0 fully saturated rings. The van der Waals surface area contributed by atoms with Crippen LogP contribution in [0.25, 0.3) is 5.57 Å². The molecule has 1 aliphatic rings. The minimum Gasteiger partial charge on any atom is -0.457 e. The molecule has 0 radical (unpaired) electrons. The van der Waals surface area contributed by atoms with Gasteiger partial charge in [0.25, 0.3) is 0 Å². The smallest absolute Gasteiger partial charge is 0.135 e. The number of hydrogen-bond donors (Lipinski definition) is 1. The number of allylic oxidation sites excluding steroid dienone is 1. The van der Waals surface area contributed by atoms with Crippen molar-refractivity contribution in [2.75, 3.05) is 6.54 Å². The Kier molecular flexibility index (Phi) is 2.14. The molecule has 0 bridgehead atoms. The summed E-state index contributed by atoms with van der Waals surface area (Å²) in [4.78, 5) is 0. The highest BCUT2D eigenvalue weighted by Crippen LogP contribution is 2.32. The van der Waals surface area contributed by atoms with Crippen LogP contribution in [-0.4, -0.2) is 6.54 Å². The summed E-state index contributed by atoms with van der Waals surface area (Å²) in [7, 11) is 0. The van der Waals surface area contributed by atoms with Gasteiger partial charge in [-0.25, -0.2) is 0 Å². The van der Waals surface area contributed by atoms with Gasteiger partial charge in [-0.1, -0.05) is 18.7 Å². The van der Waals surface area contributed by atoms with E-state index in [1.165, 1.54) is 5.56 Å². The van der Waals surface area contributed by atoms with E-state index in [1.54, 1.807) is 0 Å². The third kappa shape index (κ3) is 1.44. The minimum absolute atomic E-state index is 0.512. The summed E-state index contributed by atoms with van der Waals surface area (Å²) >= 11 is 0. The summed E-state index contributed by atoms with van der Waals surface area (Å²) < 4.78 is 5.52. The molecule has 1 heterocycles. The molecule has 1 aromatic carbocycles. The predicted molar refractivity (Wildman–Crippen MR) is 58.0 cm³/mol. The molecule has 0 amide bonds. The van der Waals surface area contributed by atoms with Crippen LogP contribution in [-0.2, 0) is 0 Å². The quantitative estimate of drug-likeness (QED) is 0.731. The molecule has 1 aliphatic heterocycles. The molecule has 0 aliphatic carbocycles. The molecule has 0 atom stereocenters. The van der Waals surface area contributed by atoms with Crippen molar-refractivity contribution in [3.05, 3.63) is 47.7 Å². The van der Waals surface area contributed by atoms with Crippen LogP contribution in [0.2, 0.25) is 0 Å². The number of rotatable bonds is 1. The van der Waals surface area contributed by atoms with Crippen molar-refractivity contribution in [2.24, 2.45) is 5.73 Å².